The van der Waals surface area contributed by atoms with E-state index < -0.39 is 0 Å². The highest BCUT2D eigenvalue weighted by atomic mass is 32.1. The summed E-state index contributed by atoms with van der Waals surface area (Å²) in [7, 11) is 4.20. The molecule has 0 atom stereocenters. The molecule has 1 nitrogen and oxygen atoms in total. The summed E-state index contributed by atoms with van der Waals surface area (Å²) in [4.78, 5) is 3.70. The number of hydrogen-bond acceptors (Lipinski definition) is 2. The molecule has 0 unspecified atom stereocenters. The van der Waals surface area contributed by atoms with Gasteiger partial charge in [0.1, 0.15) is 0 Å². The smallest absolute Gasteiger partial charge is 0.0906 e. The molecular formula is C11H19NS. The zero-order chi connectivity index (χ0) is 9.68. The molecule has 0 aliphatic heterocycles. The van der Waals surface area contributed by atoms with Gasteiger partial charge in [0.15, 0.2) is 0 Å². The number of aryl methyl sites for hydroxylation is 1. The summed E-state index contributed by atoms with van der Waals surface area (Å²) < 4.78 is 0. The maximum Gasteiger partial charge on any atom is 0.0906 e. The standard InChI is InChI=1S/C11H19NS/c1-4-5-6-7-10-8-9-11(13-10)12(2)3/h8-9H,4-7H2,1-3H3. The van der Waals surface area contributed by atoms with Crippen LogP contribution in [0.25, 0.3) is 0 Å². The number of hydrogen-bond donors (Lipinski definition) is 0. The molecule has 0 aliphatic rings. The van der Waals surface area contributed by atoms with Crippen LogP contribution in [-0.2, 0) is 6.42 Å². The van der Waals surface area contributed by atoms with Crippen molar-refractivity contribution in [2.75, 3.05) is 19.0 Å². The maximum absolute atomic E-state index is 2.26. The Morgan fingerprint density at radius 2 is 2.00 bits per heavy atom. The van der Waals surface area contributed by atoms with Gasteiger partial charge in [-0.25, -0.2) is 0 Å². The van der Waals surface area contributed by atoms with E-state index in [9.17, 15) is 0 Å². The lowest BCUT2D eigenvalue weighted by molar-refractivity contribution is 0.722. The maximum atomic E-state index is 2.26. The molecule has 0 bridgehead atoms. The molecule has 13 heavy (non-hydrogen) atoms. The van der Waals surface area contributed by atoms with Gasteiger partial charge in [-0.05, 0) is 25.0 Å². The molecule has 2 heteroatoms. The van der Waals surface area contributed by atoms with E-state index in [4.69, 9.17) is 0 Å². The molecule has 1 aromatic rings. The van der Waals surface area contributed by atoms with E-state index in [0.717, 1.165) is 0 Å². The predicted molar refractivity (Wildman–Crippen MR) is 61.9 cm³/mol. The molecule has 0 aliphatic carbocycles. The van der Waals surface area contributed by atoms with Gasteiger partial charge in [0.05, 0.1) is 5.00 Å². The highest BCUT2D eigenvalue weighted by Crippen LogP contribution is 2.25. The lowest BCUT2D eigenvalue weighted by Gasteiger charge is -2.07. The lowest BCUT2D eigenvalue weighted by atomic mass is 10.2. The molecule has 0 saturated carbocycles. The molecule has 0 fully saturated rings. The Labute approximate surface area is 85.4 Å². The van der Waals surface area contributed by atoms with Crippen molar-refractivity contribution < 1.29 is 0 Å². The second-order valence-electron chi connectivity index (χ2n) is 3.59. The first-order chi connectivity index (χ1) is 6.24. The third-order valence-corrected chi connectivity index (χ3v) is 3.43. The third kappa shape index (κ3) is 3.39. The average molecular weight is 197 g/mol. The fraction of sp³-hybridized carbons (Fsp3) is 0.636. The van der Waals surface area contributed by atoms with E-state index in [1.54, 1.807) is 0 Å². The molecule has 1 heterocycles. The molecule has 1 aromatic heterocycles. The van der Waals surface area contributed by atoms with Gasteiger partial charge < -0.3 is 4.90 Å². The highest BCUT2D eigenvalue weighted by Gasteiger charge is 2.00. The van der Waals surface area contributed by atoms with Crippen LogP contribution in [0.4, 0.5) is 5.00 Å². The van der Waals surface area contributed by atoms with Crippen LogP contribution in [0.2, 0.25) is 0 Å². The zero-order valence-corrected chi connectivity index (χ0v) is 9.66. The van der Waals surface area contributed by atoms with Gasteiger partial charge in [-0.3, -0.25) is 0 Å². The van der Waals surface area contributed by atoms with Crippen LogP contribution < -0.4 is 4.90 Å². The van der Waals surface area contributed by atoms with Crippen molar-refractivity contribution in [1.82, 2.24) is 0 Å². The quantitative estimate of drug-likeness (QED) is 0.653. The molecular weight excluding hydrogens is 178 g/mol. The van der Waals surface area contributed by atoms with Gasteiger partial charge in [0.25, 0.3) is 0 Å². The minimum Gasteiger partial charge on any atom is -0.370 e. The van der Waals surface area contributed by atoms with Crippen LogP contribution in [0.5, 0.6) is 0 Å². The van der Waals surface area contributed by atoms with Crippen molar-refractivity contribution >= 4 is 16.3 Å². The molecule has 0 amide bonds. The Bertz CT molecular complexity index is 240. The van der Waals surface area contributed by atoms with Crippen molar-refractivity contribution in [2.24, 2.45) is 0 Å². The topological polar surface area (TPSA) is 3.24 Å². The Hall–Kier alpha value is -0.500. The number of nitrogens with zero attached hydrogens (tertiary/aromatic N) is 1. The van der Waals surface area contributed by atoms with Crippen LogP contribution in [0, 0.1) is 0 Å². The number of anilines is 1. The summed E-state index contributed by atoms with van der Waals surface area (Å²) in [6.07, 6.45) is 5.26. The summed E-state index contributed by atoms with van der Waals surface area (Å²) in [6.45, 7) is 2.25. The van der Waals surface area contributed by atoms with Crippen LogP contribution in [0.1, 0.15) is 31.1 Å². The van der Waals surface area contributed by atoms with E-state index in [1.807, 2.05) is 11.3 Å². The van der Waals surface area contributed by atoms with E-state index in [1.165, 1.54) is 35.6 Å². The van der Waals surface area contributed by atoms with Gasteiger partial charge in [-0.2, -0.15) is 0 Å². The molecule has 1 rings (SSSR count). The van der Waals surface area contributed by atoms with Crippen LogP contribution in [0.3, 0.4) is 0 Å². The first kappa shape index (κ1) is 10.6. The van der Waals surface area contributed by atoms with Crippen molar-refractivity contribution in [2.45, 2.75) is 32.6 Å². The summed E-state index contributed by atoms with van der Waals surface area (Å²) in [6, 6.07) is 4.47. The SMILES string of the molecule is CCCCCc1ccc(N(C)C)s1. The summed E-state index contributed by atoms with van der Waals surface area (Å²) in [5, 5.41) is 1.37. The van der Waals surface area contributed by atoms with E-state index >= 15 is 0 Å². The van der Waals surface area contributed by atoms with E-state index in [0.29, 0.717) is 0 Å². The Morgan fingerprint density at radius 3 is 2.54 bits per heavy atom. The number of unbranched alkanes of at least 4 members (excludes halogenated alkanes) is 2. The molecule has 74 valence electrons. The van der Waals surface area contributed by atoms with E-state index in [-0.39, 0.29) is 0 Å². The van der Waals surface area contributed by atoms with Gasteiger partial charge >= 0.3 is 0 Å². The minimum absolute atomic E-state index is 1.26. The number of rotatable bonds is 5. The lowest BCUT2D eigenvalue weighted by Crippen LogP contribution is -2.05. The number of thiophene rings is 1. The van der Waals surface area contributed by atoms with Crippen molar-refractivity contribution in [1.29, 1.82) is 0 Å². The predicted octanol–water partition coefficient (Wildman–Crippen LogP) is 3.55. The molecule has 0 saturated heterocycles. The second kappa shape index (κ2) is 5.28. The van der Waals surface area contributed by atoms with Crippen LogP contribution in [-0.4, -0.2) is 14.1 Å². The van der Waals surface area contributed by atoms with Crippen molar-refractivity contribution in [3.63, 3.8) is 0 Å². The van der Waals surface area contributed by atoms with Crippen LogP contribution in [0.15, 0.2) is 12.1 Å². The monoisotopic (exact) mass is 197 g/mol. The fourth-order valence-corrected chi connectivity index (χ4v) is 2.26. The molecule has 0 spiro atoms. The Balaban J connectivity index is 2.40. The second-order valence-corrected chi connectivity index (χ2v) is 4.74. The fourth-order valence-electron chi connectivity index (χ4n) is 1.29. The van der Waals surface area contributed by atoms with Gasteiger partial charge in [-0.15, -0.1) is 11.3 Å². The van der Waals surface area contributed by atoms with E-state index in [2.05, 4.69) is 38.1 Å². The highest BCUT2D eigenvalue weighted by molar-refractivity contribution is 7.16. The zero-order valence-electron chi connectivity index (χ0n) is 8.84. The van der Waals surface area contributed by atoms with Crippen LogP contribution >= 0.6 is 11.3 Å². The van der Waals surface area contributed by atoms with Gasteiger partial charge in [-0.1, -0.05) is 19.8 Å². The van der Waals surface area contributed by atoms with Gasteiger partial charge in [0.2, 0.25) is 0 Å². The van der Waals surface area contributed by atoms with Crippen molar-refractivity contribution in [3.8, 4) is 0 Å². The summed E-state index contributed by atoms with van der Waals surface area (Å²) in [5.41, 5.74) is 0. The normalized spacial score (nSPS) is 10.4. The molecule has 0 radical (unpaired) electrons. The first-order valence-electron chi connectivity index (χ1n) is 5.00. The molecule has 0 aromatic carbocycles. The van der Waals surface area contributed by atoms with Crippen molar-refractivity contribution in [3.05, 3.63) is 17.0 Å². The minimum atomic E-state index is 1.26. The third-order valence-electron chi connectivity index (χ3n) is 2.11. The average Bonchev–Trinajstić information content (AvgIpc) is 2.53. The molecule has 0 N–H and O–H groups in total. The van der Waals surface area contributed by atoms with Gasteiger partial charge in [0, 0.05) is 19.0 Å². The largest absolute Gasteiger partial charge is 0.370 e. The Kier molecular flexibility index (Phi) is 4.29. The first-order valence-corrected chi connectivity index (χ1v) is 5.81. The summed E-state index contributed by atoms with van der Waals surface area (Å²) >= 11 is 1.92. The Morgan fingerprint density at radius 1 is 1.23 bits per heavy atom. The summed E-state index contributed by atoms with van der Waals surface area (Å²) in [5.74, 6) is 0.